The summed E-state index contributed by atoms with van der Waals surface area (Å²) >= 11 is 7.27. The van der Waals surface area contributed by atoms with Crippen LogP contribution in [0.2, 0.25) is 0 Å². The number of hydrogen-bond donors (Lipinski definition) is 0. The van der Waals surface area contributed by atoms with Gasteiger partial charge in [0.1, 0.15) is 16.3 Å². The third kappa shape index (κ3) is 1.51. The molecule has 0 fully saturated rings. The molecule has 0 N–H and O–H groups in total. The first-order valence-electron chi connectivity index (χ1n) is 3.97. The number of rotatable bonds is 3. The van der Waals surface area contributed by atoms with Gasteiger partial charge in [-0.05, 0) is 11.4 Å². The van der Waals surface area contributed by atoms with Crippen LogP contribution in [0.3, 0.4) is 0 Å². The fourth-order valence-electron chi connectivity index (χ4n) is 1.17. The Kier molecular flexibility index (Phi) is 2.74. The summed E-state index contributed by atoms with van der Waals surface area (Å²) in [5, 5.41) is 1.94. The van der Waals surface area contributed by atoms with E-state index in [1.807, 2.05) is 11.4 Å². The van der Waals surface area contributed by atoms with E-state index in [0.717, 1.165) is 16.3 Å². The van der Waals surface area contributed by atoms with Crippen molar-refractivity contribution in [2.45, 2.75) is 5.88 Å². The SMILES string of the molecule is COc1ccsc1-c1ocnc1CCl. The standard InChI is InChI=1S/C9H8ClNO2S/c1-12-7-2-3-14-9(7)8-6(4-10)11-5-13-8/h2-3,5H,4H2,1H3. The lowest BCUT2D eigenvalue weighted by molar-refractivity contribution is 0.416. The van der Waals surface area contributed by atoms with Crippen LogP contribution in [0.25, 0.3) is 10.6 Å². The Morgan fingerprint density at radius 3 is 3.21 bits per heavy atom. The third-order valence-corrected chi connectivity index (χ3v) is 2.97. The van der Waals surface area contributed by atoms with Gasteiger partial charge >= 0.3 is 0 Å². The van der Waals surface area contributed by atoms with Gasteiger partial charge in [0.25, 0.3) is 0 Å². The molecule has 0 amide bonds. The lowest BCUT2D eigenvalue weighted by Crippen LogP contribution is -1.84. The van der Waals surface area contributed by atoms with E-state index >= 15 is 0 Å². The molecule has 0 unspecified atom stereocenters. The first-order chi connectivity index (χ1) is 6.86. The van der Waals surface area contributed by atoms with E-state index in [4.69, 9.17) is 20.8 Å². The minimum atomic E-state index is 0.340. The molecule has 0 saturated carbocycles. The summed E-state index contributed by atoms with van der Waals surface area (Å²) in [6, 6.07) is 1.89. The van der Waals surface area contributed by atoms with Crippen molar-refractivity contribution in [3.63, 3.8) is 0 Å². The van der Waals surface area contributed by atoms with Crippen molar-refractivity contribution in [2.24, 2.45) is 0 Å². The molecule has 2 aromatic rings. The maximum absolute atomic E-state index is 5.73. The number of ether oxygens (including phenoxy) is 1. The number of thiophene rings is 1. The van der Waals surface area contributed by atoms with E-state index in [1.165, 1.54) is 6.39 Å². The average Bonchev–Trinajstić information content (AvgIpc) is 2.85. The zero-order chi connectivity index (χ0) is 9.97. The molecule has 0 aliphatic carbocycles. The number of aromatic nitrogens is 1. The van der Waals surface area contributed by atoms with Gasteiger partial charge in [0.15, 0.2) is 12.2 Å². The van der Waals surface area contributed by atoms with Crippen LogP contribution >= 0.6 is 22.9 Å². The summed E-state index contributed by atoms with van der Waals surface area (Å²) in [5.41, 5.74) is 0.743. The molecule has 0 aliphatic heterocycles. The molecule has 5 heteroatoms. The number of hydrogen-bond acceptors (Lipinski definition) is 4. The highest BCUT2D eigenvalue weighted by atomic mass is 35.5. The summed E-state index contributed by atoms with van der Waals surface area (Å²) in [6.07, 6.45) is 1.40. The Morgan fingerprint density at radius 1 is 1.64 bits per heavy atom. The number of alkyl halides is 1. The lowest BCUT2D eigenvalue weighted by Gasteiger charge is -1.99. The molecule has 0 aromatic carbocycles. The minimum absolute atomic E-state index is 0.340. The lowest BCUT2D eigenvalue weighted by atomic mass is 10.3. The molecule has 0 aliphatic rings. The fourth-order valence-corrected chi connectivity index (χ4v) is 2.23. The van der Waals surface area contributed by atoms with Crippen LogP contribution in [0.4, 0.5) is 0 Å². The summed E-state index contributed by atoms with van der Waals surface area (Å²) in [7, 11) is 1.63. The number of halogens is 1. The van der Waals surface area contributed by atoms with Gasteiger partial charge in [-0.15, -0.1) is 22.9 Å². The predicted octanol–water partition coefficient (Wildman–Crippen LogP) is 3.15. The van der Waals surface area contributed by atoms with E-state index in [9.17, 15) is 0 Å². The molecular weight excluding hydrogens is 222 g/mol. The number of nitrogens with zero attached hydrogens (tertiary/aromatic N) is 1. The molecule has 2 rings (SSSR count). The number of methoxy groups -OCH3 is 1. The van der Waals surface area contributed by atoms with Gasteiger partial charge in [-0.1, -0.05) is 0 Å². The van der Waals surface area contributed by atoms with Crippen LogP contribution in [0.15, 0.2) is 22.3 Å². The van der Waals surface area contributed by atoms with E-state index in [1.54, 1.807) is 18.4 Å². The summed E-state index contributed by atoms with van der Waals surface area (Å²) in [6.45, 7) is 0. The van der Waals surface area contributed by atoms with Crippen molar-refractivity contribution < 1.29 is 9.15 Å². The maximum Gasteiger partial charge on any atom is 0.181 e. The monoisotopic (exact) mass is 229 g/mol. The molecule has 0 bridgehead atoms. The zero-order valence-corrected chi connectivity index (χ0v) is 9.06. The smallest absolute Gasteiger partial charge is 0.181 e. The first-order valence-corrected chi connectivity index (χ1v) is 5.38. The molecule has 3 nitrogen and oxygen atoms in total. The molecule has 0 saturated heterocycles. The van der Waals surface area contributed by atoms with Crippen molar-refractivity contribution in [3.8, 4) is 16.4 Å². The summed E-state index contributed by atoms with van der Waals surface area (Å²) in [5.74, 6) is 1.83. The van der Waals surface area contributed by atoms with Gasteiger partial charge in [-0.2, -0.15) is 0 Å². The Labute approximate surface area is 90.3 Å². The minimum Gasteiger partial charge on any atom is -0.495 e. The van der Waals surface area contributed by atoms with Crippen LogP contribution in [0, 0.1) is 0 Å². The summed E-state index contributed by atoms with van der Waals surface area (Å²) in [4.78, 5) is 4.95. The van der Waals surface area contributed by atoms with Gasteiger partial charge in [-0.3, -0.25) is 0 Å². The molecule has 74 valence electrons. The van der Waals surface area contributed by atoms with Gasteiger partial charge in [-0.25, -0.2) is 4.98 Å². The Balaban J connectivity index is 2.48. The highest BCUT2D eigenvalue weighted by Crippen LogP contribution is 2.37. The van der Waals surface area contributed by atoms with Crippen molar-refractivity contribution in [1.29, 1.82) is 0 Å². The van der Waals surface area contributed by atoms with Crippen LogP contribution in [-0.2, 0) is 5.88 Å². The van der Waals surface area contributed by atoms with Crippen LogP contribution in [0.5, 0.6) is 5.75 Å². The average molecular weight is 230 g/mol. The van der Waals surface area contributed by atoms with Crippen LogP contribution < -0.4 is 4.74 Å². The van der Waals surface area contributed by atoms with Crippen molar-refractivity contribution in [2.75, 3.05) is 7.11 Å². The normalized spacial score (nSPS) is 10.4. The van der Waals surface area contributed by atoms with E-state index in [2.05, 4.69) is 4.98 Å². The second-order valence-electron chi connectivity index (χ2n) is 2.58. The second kappa shape index (κ2) is 4.02. The van der Waals surface area contributed by atoms with E-state index in [0.29, 0.717) is 11.6 Å². The quantitative estimate of drug-likeness (QED) is 0.759. The van der Waals surface area contributed by atoms with Crippen molar-refractivity contribution >= 4 is 22.9 Å². The van der Waals surface area contributed by atoms with E-state index < -0.39 is 0 Å². The molecule has 2 heterocycles. The first kappa shape index (κ1) is 9.55. The van der Waals surface area contributed by atoms with Crippen molar-refractivity contribution in [3.05, 3.63) is 23.5 Å². The Morgan fingerprint density at radius 2 is 2.50 bits per heavy atom. The van der Waals surface area contributed by atoms with Gasteiger partial charge in [0.2, 0.25) is 0 Å². The highest BCUT2D eigenvalue weighted by molar-refractivity contribution is 7.14. The molecule has 0 spiro atoms. The third-order valence-electron chi connectivity index (χ3n) is 1.82. The Hall–Kier alpha value is -1.00. The zero-order valence-electron chi connectivity index (χ0n) is 7.49. The highest BCUT2D eigenvalue weighted by Gasteiger charge is 2.15. The topological polar surface area (TPSA) is 35.3 Å². The van der Waals surface area contributed by atoms with Gasteiger partial charge < -0.3 is 9.15 Å². The largest absolute Gasteiger partial charge is 0.495 e. The molecule has 2 aromatic heterocycles. The second-order valence-corrected chi connectivity index (χ2v) is 3.76. The number of oxazole rings is 1. The van der Waals surface area contributed by atoms with Gasteiger partial charge in [0.05, 0.1) is 13.0 Å². The molecule has 0 atom stereocenters. The predicted molar refractivity (Wildman–Crippen MR) is 55.9 cm³/mol. The molecule has 0 radical (unpaired) electrons. The molecule has 14 heavy (non-hydrogen) atoms. The van der Waals surface area contributed by atoms with Crippen LogP contribution in [0.1, 0.15) is 5.69 Å². The Bertz CT molecular complexity index is 384. The fraction of sp³-hybridized carbons (Fsp3) is 0.222. The van der Waals surface area contributed by atoms with Gasteiger partial charge in [0, 0.05) is 0 Å². The van der Waals surface area contributed by atoms with Crippen molar-refractivity contribution in [1.82, 2.24) is 4.98 Å². The summed E-state index contributed by atoms with van der Waals surface area (Å²) < 4.78 is 10.5. The molecular formula is C9H8ClNO2S. The van der Waals surface area contributed by atoms with Crippen LogP contribution in [-0.4, -0.2) is 12.1 Å². The van der Waals surface area contributed by atoms with E-state index in [-0.39, 0.29) is 0 Å². The maximum atomic E-state index is 5.73.